The standard InChI is InChI=1S/C14H16ClNO2/c1-11(9-13-7-8-18-14(13)17)16(15)10-12-5-3-2-4-6-12/h2-6,9,11H,7-8,10H2,1H3/b13-9+/t11-/m0/s1. The lowest BCUT2D eigenvalue weighted by Gasteiger charge is -2.19. The van der Waals surface area contributed by atoms with Gasteiger partial charge in [-0.2, -0.15) is 0 Å². The molecule has 0 aromatic heterocycles. The molecule has 0 amide bonds. The third-order valence-electron chi connectivity index (χ3n) is 2.93. The first-order valence-electron chi connectivity index (χ1n) is 6.01. The summed E-state index contributed by atoms with van der Waals surface area (Å²) in [6.45, 7) is 3.09. The van der Waals surface area contributed by atoms with Gasteiger partial charge in [0.1, 0.15) is 0 Å². The molecule has 0 radical (unpaired) electrons. The van der Waals surface area contributed by atoms with Crippen LogP contribution in [0.1, 0.15) is 18.9 Å². The van der Waals surface area contributed by atoms with E-state index < -0.39 is 0 Å². The molecule has 1 aromatic rings. The van der Waals surface area contributed by atoms with E-state index >= 15 is 0 Å². The first kappa shape index (κ1) is 13.1. The van der Waals surface area contributed by atoms with Crippen LogP contribution in [0.3, 0.4) is 0 Å². The molecular weight excluding hydrogens is 250 g/mol. The smallest absolute Gasteiger partial charge is 0.333 e. The van der Waals surface area contributed by atoms with Crippen LogP contribution in [0.25, 0.3) is 0 Å². The Bertz CT molecular complexity index is 444. The van der Waals surface area contributed by atoms with Gasteiger partial charge in [-0.3, -0.25) is 0 Å². The number of hydrogen-bond donors (Lipinski definition) is 0. The van der Waals surface area contributed by atoms with Gasteiger partial charge in [-0.15, -0.1) is 0 Å². The van der Waals surface area contributed by atoms with Crippen molar-refractivity contribution in [2.45, 2.75) is 25.9 Å². The first-order valence-corrected chi connectivity index (χ1v) is 6.35. The van der Waals surface area contributed by atoms with Crippen molar-refractivity contribution in [1.82, 2.24) is 4.42 Å². The fraction of sp³-hybridized carbons (Fsp3) is 0.357. The van der Waals surface area contributed by atoms with Crippen molar-refractivity contribution in [1.29, 1.82) is 0 Å². The molecular formula is C14H16ClNO2. The molecule has 1 aliphatic rings. The number of benzene rings is 1. The minimum atomic E-state index is -0.216. The van der Waals surface area contributed by atoms with Crippen molar-refractivity contribution in [3.63, 3.8) is 0 Å². The van der Waals surface area contributed by atoms with Crippen molar-refractivity contribution in [2.75, 3.05) is 6.61 Å². The lowest BCUT2D eigenvalue weighted by molar-refractivity contribution is -0.135. The highest BCUT2D eigenvalue weighted by Gasteiger charge is 2.20. The highest BCUT2D eigenvalue weighted by Crippen LogP contribution is 2.18. The van der Waals surface area contributed by atoms with Crippen LogP contribution in [0, 0.1) is 0 Å². The van der Waals surface area contributed by atoms with Gasteiger partial charge in [0.2, 0.25) is 0 Å². The second-order valence-corrected chi connectivity index (χ2v) is 4.80. The Morgan fingerprint density at radius 1 is 1.44 bits per heavy atom. The van der Waals surface area contributed by atoms with E-state index in [0.29, 0.717) is 19.6 Å². The second-order valence-electron chi connectivity index (χ2n) is 4.36. The van der Waals surface area contributed by atoms with Crippen molar-refractivity contribution < 1.29 is 9.53 Å². The summed E-state index contributed by atoms with van der Waals surface area (Å²) >= 11 is 6.23. The second kappa shape index (κ2) is 6.03. The zero-order chi connectivity index (χ0) is 13.0. The SMILES string of the molecule is C[C@@H](/C=C1\CCOC1=O)N(Cl)Cc1ccccc1. The van der Waals surface area contributed by atoms with Crippen LogP contribution in [0.2, 0.25) is 0 Å². The number of cyclic esters (lactones) is 1. The molecule has 2 rings (SSSR count). The highest BCUT2D eigenvalue weighted by atomic mass is 35.5. The van der Waals surface area contributed by atoms with Crippen molar-refractivity contribution in [3.05, 3.63) is 47.5 Å². The Balaban J connectivity index is 1.97. The molecule has 0 N–H and O–H groups in total. The van der Waals surface area contributed by atoms with E-state index in [1.807, 2.05) is 43.3 Å². The van der Waals surface area contributed by atoms with Gasteiger partial charge < -0.3 is 4.74 Å². The van der Waals surface area contributed by atoms with Gasteiger partial charge >= 0.3 is 5.97 Å². The number of halogens is 1. The molecule has 0 bridgehead atoms. The summed E-state index contributed by atoms with van der Waals surface area (Å²) in [6, 6.07) is 9.99. The number of esters is 1. The third-order valence-corrected chi connectivity index (χ3v) is 3.35. The number of carbonyl (C=O) groups is 1. The number of ether oxygens (including phenoxy) is 1. The molecule has 1 heterocycles. The average molecular weight is 266 g/mol. The van der Waals surface area contributed by atoms with Crippen LogP contribution in [-0.2, 0) is 16.1 Å². The maximum atomic E-state index is 11.3. The number of nitrogens with zero attached hydrogens (tertiary/aromatic N) is 1. The maximum absolute atomic E-state index is 11.3. The van der Waals surface area contributed by atoms with Gasteiger partial charge in [-0.1, -0.05) is 36.4 Å². The summed E-state index contributed by atoms with van der Waals surface area (Å²) in [6.07, 6.45) is 2.56. The molecule has 96 valence electrons. The zero-order valence-electron chi connectivity index (χ0n) is 10.3. The minimum Gasteiger partial charge on any atom is -0.462 e. The Morgan fingerprint density at radius 3 is 2.78 bits per heavy atom. The highest BCUT2D eigenvalue weighted by molar-refractivity contribution is 6.13. The van der Waals surface area contributed by atoms with E-state index in [4.69, 9.17) is 16.5 Å². The molecule has 1 fully saturated rings. The molecule has 0 spiro atoms. The number of rotatable bonds is 4. The lowest BCUT2D eigenvalue weighted by atomic mass is 10.1. The van der Waals surface area contributed by atoms with Crippen molar-refractivity contribution in [3.8, 4) is 0 Å². The first-order chi connectivity index (χ1) is 8.66. The molecule has 1 saturated heterocycles. The molecule has 1 aliphatic heterocycles. The van der Waals surface area contributed by atoms with E-state index in [0.717, 1.165) is 11.1 Å². The van der Waals surface area contributed by atoms with Crippen LogP contribution in [-0.4, -0.2) is 23.0 Å². The van der Waals surface area contributed by atoms with Crippen molar-refractivity contribution in [2.24, 2.45) is 0 Å². The lowest BCUT2D eigenvalue weighted by Crippen LogP contribution is -2.22. The van der Waals surface area contributed by atoms with Crippen LogP contribution in [0.4, 0.5) is 0 Å². The summed E-state index contributed by atoms with van der Waals surface area (Å²) in [5.74, 6) is -0.216. The van der Waals surface area contributed by atoms with Gasteiger partial charge in [-0.25, -0.2) is 9.21 Å². The Hall–Kier alpha value is -1.32. The topological polar surface area (TPSA) is 29.5 Å². The van der Waals surface area contributed by atoms with E-state index in [9.17, 15) is 4.79 Å². The van der Waals surface area contributed by atoms with Gasteiger partial charge in [-0.05, 0) is 24.3 Å². The van der Waals surface area contributed by atoms with E-state index in [1.54, 1.807) is 4.42 Å². The summed E-state index contributed by atoms with van der Waals surface area (Å²) < 4.78 is 6.58. The Morgan fingerprint density at radius 2 is 2.17 bits per heavy atom. The zero-order valence-corrected chi connectivity index (χ0v) is 11.1. The summed E-state index contributed by atoms with van der Waals surface area (Å²) in [7, 11) is 0. The van der Waals surface area contributed by atoms with Crippen LogP contribution >= 0.6 is 11.8 Å². The van der Waals surface area contributed by atoms with Gasteiger partial charge in [0.15, 0.2) is 0 Å². The monoisotopic (exact) mass is 265 g/mol. The fourth-order valence-electron chi connectivity index (χ4n) is 1.87. The predicted octanol–water partition coefficient (Wildman–Crippen LogP) is 2.90. The minimum absolute atomic E-state index is 0.00692. The fourth-order valence-corrected chi connectivity index (χ4v) is 2.07. The number of carbonyl (C=O) groups excluding carboxylic acids is 1. The molecule has 3 nitrogen and oxygen atoms in total. The average Bonchev–Trinajstić information content (AvgIpc) is 2.76. The Kier molecular flexibility index (Phi) is 4.39. The van der Waals surface area contributed by atoms with Gasteiger partial charge in [0.05, 0.1) is 6.61 Å². The third kappa shape index (κ3) is 3.34. The molecule has 18 heavy (non-hydrogen) atoms. The molecule has 0 saturated carbocycles. The van der Waals surface area contributed by atoms with Crippen LogP contribution < -0.4 is 0 Å². The van der Waals surface area contributed by atoms with Crippen molar-refractivity contribution >= 4 is 17.7 Å². The van der Waals surface area contributed by atoms with Gasteiger partial charge in [0.25, 0.3) is 0 Å². The molecule has 4 heteroatoms. The maximum Gasteiger partial charge on any atom is 0.333 e. The number of hydrogen-bond acceptors (Lipinski definition) is 3. The van der Waals surface area contributed by atoms with E-state index in [2.05, 4.69) is 0 Å². The normalized spacial score (nSPS) is 19.3. The summed E-state index contributed by atoms with van der Waals surface area (Å²) in [5, 5.41) is 0. The molecule has 0 unspecified atom stereocenters. The predicted molar refractivity (Wildman–Crippen MR) is 71.0 cm³/mol. The van der Waals surface area contributed by atoms with Gasteiger partial charge in [0, 0.05) is 24.6 Å². The van der Waals surface area contributed by atoms with E-state index in [1.165, 1.54) is 0 Å². The molecule has 1 atom stereocenters. The quantitative estimate of drug-likeness (QED) is 0.476. The summed E-state index contributed by atoms with van der Waals surface area (Å²) in [4.78, 5) is 11.3. The molecule has 0 aliphatic carbocycles. The Labute approximate surface area is 112 Å². The van der Waals surface area contributed by atoms with E-state index in [-0.39, 0.29) is 12.0 Å². The summed E-state index contributed by atoms with van der Waals surface area (Å²) in [5.41, 5.74) is 1.87. The molecule has 1 aromatic carbocycles. The van der Waals surface area contributed by atoms with Crippen LogP contribution in [0.15, 0.2) is 42.0 Å². The van der Waals surface area contributed by atoms with Crippen LogP contribution in [0.5, 0.6) is 0 Å². The largest absolute Gasteiger partial charge is 0.462 e.